The van der Waals surface area contributed by atoms with E-state index in [0.29, 0.717) is 17.5 Å². The third kappa shape index (κ3) is 4.03. The molecule has 2 saturated carbocycles. The second-order valence-corrected chi connectivity index (χ2v) is 11.9. The van der Waals surface area contributed by atoms with Crippen molar-refractivity contribution >= 4 is 28.9 Å². The van der Waals surface area contributed by atoms with Gasteiger partial charge in [0.15, 0.2) is 11.4 Å². The molecule has 0 unspecified atom stereocenters. The van der Waals surface area contributed by atoms with Gasteiger partial charge in [-0.3, -0.25) is 19.3 Å². The van der Waals surface area contributed by atoms with E-state index < -0.39 is 58.0 Å². The van der Waals surface area contributed by atoms with Gasteiger partial charge in [-0.1, -0.05) is 19.3 Å². The number of amides is 1. The lowest BCUT2D eigenvalue weighted by molar-refractivity contribution is -0.153. The first-order valence-electron chi connectivity index (χ1n) is 13.5. The highest BCUT2D eigenvalue weighted by atomic mass is 16.3. The number of benzene rings is 1. The number of aliphatic hydroxyl groups excluding tert-OH is 2. The fraction of sp³-hybridized carbons (Fsp3) is 0.552. The lowest BCUT2D eigenvalue weighted by atomic mass is 9.57. The van der Waals surface area contributed by atoms with Crippen LogP contribution in [0.4, 0.5) is 5.69 Å². The van der Waals surface area contributed by atoms with E-state index >= 15 is 0 Å². The van der Waals surface area contributed by atoms with Crippen LogP contribution in [0.25, 0.3) is 5.76 Å². The van der Waals surface area contributed by atoms with Crippen LogP contribution in [-0.2, 0) is 27.2 Å². The molecule has 6 N–H and O–H groups in total. The zero-order valence-electron chi connectivity index (χ0n) is 22.8. The Labute approximate surface area is 227 Å². The van der Waals surface area contributed by atoms with Crippen LogP contribution in [-0.4, -0.2) is 82.6 Å². The van der Waals surface area contributed by atoms with Gasteiger partial charge < -0.3 is 31.1 Å². The Kier molecular flexibility index (Phi) is 6.54. The maximum atomic E-state index is 14.0. The molecular formula is C29H37N3O7. The van der Waals surface area contributed by atoms with Crippen LogP contribution >= 0.6 is 0 Å². The number of nitrogens with zero attached hydrogens (tertiary/aromatic N) is 2. The predicted molar refractivity (Wildman–Crippen MR) is 144 cm³/mol. The van der Waals surface area contributed by atoms with Gasteiger partial charge in [-0.25, -0.2) is 0 Å². The standard InChI is InChI=1S/C29H37N3O7/c1-31(2)18-12-14(7-5-6-13-8-9-13)23(33)20-16(18)10-15-11-17-22(32(3)4)25(35)21(28(30)38)27(37)29(17,39)26(36)19(15)24(20)34/h12-13,15,17,22,33-34,37,39H,5-11H2,1-4H3,(H2,30,38)/t15-,17-,22-,29-/m0/s1. The van der Waals surface area contributed by atoms with E-state index in [4.69, 9.17) is 5.73 Å². The Morgan fingerprint density at radius 2 is 1.79 bits per heavy atom. The van der Waals surface area contributed by atoms with Gasteiger partial charge >= 0.3 is 0 Å². The van der Waals surface area contributed by atoms with Crippen LogP contribution < -0.4 is 10.6 Å². The van der Waals surface area contributed by atoms with E-state index in [1.54, 1.807) is 14.1 Å². The number of carbonyl (C=O) groups excluding carboxylic acids is 3. The number of likely N-dealkylation sites (N-methyl/N-ethyl adjacent to an activating group) is 1. The summed E-state index contributed by atoms with van der Waals surface area (Å²) in [6.07, 6.45) is 5.38. The molecule has 0 saturated heterocycles. The minimum Gasteiger partial charge on any atom is -0.508 e. The quantitative estimate of drug-likeness (QED) is 0.325. The van der Waals surface area contributed by atoms with Crippen molar-refractivity contribution in [3.63, 3.8) is 0 Å². The number of fused-ring (bicyclic) bond motifs is 3. The molecule has 5 rings (SSSR count). The lowest BCUT2D eigenvalue weighted by Gasteiger charge is -2.50. The summed E-state index contributed by atoms with van der Waals surface area (Å²) >= 11 is 0. The number of phenolic OH excluding ortho intramolecular Hbond substituents is 1. The minimum absolute atomic E-state index is 0.0720. The van der Waals surface area contributed by atoms with Gasteiger partial charge in [0.1, 0.15) is 22.8 Å². The summed E-state index contributed by atoms with van der Waals surface area (Å²) in [5.41, 5.74) is 4.12. The number of carbonyl (C=O) groups is 3. The molecule has 0 radical (unpaired) electrons. The number of aliphatic hydroxyl groups is 3. The second-order valence-electron chi connectivity index (χ2n) is 11.9. The lowest BCUT2D eigenvalue weighted by Crippen LogP contribution is -2.65. The van der Waals surface area contributed by atoms with Crippen molar-refractivity contribution in [2.24, 2.45) is 23.5 Å². The van der Waals surface area contributed by atoms with E-state index in [0.717, 1.165) is 24.4 Å². The Balaban J connectivity index is 1.67. The summed E-state index contributed by atoms with van der Waals surface area (Å²) in [6, 6.07) is 0.832. The molecule has 4 atom stereocenters. The molecule has 1 aromatic rings. The Morgan fingerprint density at radius 1 is 1.13 bits per heavy atom. The first-order chi connectivity index (χ1) is 18.3. The molecule has 10 heteroatoms. The molecule has 210 valence electrons. The molecule has 0 bridgehead atoms. The van der Waals surface area contributed by atoms with Gasteiger partial charge in [-0.2, -0.15) is 0 Å². The maximum Gasteiger partial charge on any atom is 0.255 e. The molecule has 39 heavy (non-hydrogen) atoms. The number of ketones is 2. The third-order valence-electron chi connectivity index (χ3n) is 9.01. The molecule has 2 fully saturated rings. The molecule has 0 aromatic heterocycles. The normalized spacial score (nSPS) is 28.4. The summed E-state index contributed by atoms with van der Waals surface area (Å²) in [5.74, 6) is -5.57. The van der Waals surface area contributed by atoms with Crippen molar-refractivity contribution in [1.29, 1.82) is 0 Å². The number of nitrogens with two attached hydrogens (primary N) is 1. The summed E-state index contributed by atoms with van der Waals surface area (Å²) in [7, 11) is 6.91. The number of rotatable bonds is 7. The van der Waals surface area contributed by atoms with E-state index in [2.05, 4.69) is 0 Å². The average molecular weight is 540 g/mol. The van der Waals surface area contributed by atoms with Gasteiger partial charge in [0.2, 0.25) is 5.78 Å². The molecule has 0 aliphatic heterocycles. The van der Waals surface area contributed by atoms with Gasteiger partial charge in [-0.15, -0.1) is 0 Å². The third-order valence-corrected chi connectivity index (χ3v) is 9.01. The number of aromatic hydroxyl groups is 1. The molecule has 4 aliphatic rings. The minimum atomic E-state index is -2.63. The van der Waals surface area contributed by atoms with E-state index in [-0.39, 0.29) is 29.7 Å². The first kappa shape index (κ1) is 27.2. The zero-order valence-corrected chi connectivity index (χ0v) is 22.8. The van der Waals surface area contributed by atoms with Gasteiger partial charge in [-0.05, 0) is 68.8 Å². The molecule has 1 amide bonds. The molecule has 0 spiro atoms. The zero-order chi connectivity index (χ0) is 28.5. The highest BCUT2D eigenvalue weighted by molar-refractivity contribution is 6.24. The SMILES string of the molecule is CN(C)c1cc(CCCC2CC2)c(O)c2c1C[C@H]1C[C@H]3[C@H](N(C)C)C(=O)C(C(N)=O)=C(O)[C@@]3(O)C(=O)C1=C2O. The Bertz CT molecular complexity index is 1340. The highest BCUT2D eigenvalue weighted by Crippen LogP contribution is 2.54. The summed E-state index contributed by atoms with van der Waals surface area (Å²) < 4.78 is 0. The fourth-order valence-electron chi connectivity index (χ4n) is 6.92. The monoisotopic (exact) mass is 539 g/mol. The Hall–Kier alpha value is -3.37. The molecular weight excluding hydrogens is 502 g/mol. The van der Waals surface area contributed by atoms with Crippen LogP contribution in [0.15, 0.2) is 23.0 Å². The maximum absolute atomic E-state index is 14.0. The van der Waals surface area contributed by atoms with Gasteiger partial charge in [0, 0.05) is 31.3 Å². The average Bonchev–Trinajstić information content (AvgIpc) is 3.66. The smallest absolute Gasteiger partial charge is 0.255 e. The van der Waals surface area contributed by atoms with Gasteiger partial charge in [0.05, 0.1) is 11.6 Å². The largest absolute Gasteiger partial charge is 0.508 e. The van der Waals surface area contributed by atoms with Crippen molar-refractivity contribution < 1.29 is 34.8 Å². The van der Waals surface area contributed by atoms with Crippen LogP contribution in [0.1, 0.15) is 48.8 Å². The summed E-state index contributed by atoms with van der Waals surface area (Å²) in [4.78, 5) is 42.8. The molecule has 4 aliphatic carbocycles. The van der Waals surface area contributed by atoms with Crippen LogP contribution in [0.3, 0.4) is 0 Å². The Morgan fingerprint density at radius 3 is 2.36 bits per heavy atom. The molecule has 10 nitrogen and oxygen atoms in total. The van der Waals surface area contributed by atoms with Crippen LogP contribution in [0.2, 0.25) is 0 Å². The first-order valence-corrected chi connectivity index (χ1v) is 13.5. The fourth-order valence-corrected chi connectivity index (χ4v) is 6.92. The summed E-state index contributed by atoms with van der Waals surface area (Å²) in [6.45, 7) is 0. The topological polar surface area (TPSA) is 165 Å². The molecule has 0 heterocycles. The van der Waals surface area contributed by atoms with Crippen molar-refractivity contribution in [3.05, 3.63) is 39.7 Å². The van der Waals surface area contributed by atoms with Crippen LogP contribution in [0.5, 0.6) is 5.75 Å². The van der Waals surface area contributed by atoms with Crippen molar-refractivity contribution in [3.8, 4) is 5.75 Å². The number of hydrogen-bond donors (Lipinski definition) is 5. The summed E-state index contributed by atoms with van der Waals surface area (Å²) in [5, 5.41) is 45.6. The van der Waals surface area contributed by atoms with Crippen molar-refractivity contribution in [2.45, 2.75) is 56.6 Å². The van der Waals surface area contributed by atoms with E-state index in [1.807, 2.05) is 25.1 Å². The van der Waals surface area contributed by atoms with Gasteiger partial charge in [0.25, 0.3) is 5.91 Å². The number of aryl methyl sites for hydroxylation is 1. The van der Waals surface area contributed by atoms with E-state index in [9.17, 15) is 34.8 Å². The van der Waals surface area contributed by atoms with E-state index in [1.165, 1.54) is 17.7 Å². The van der Waals surface area contributed by atoms with Crippen molar-refractivity contribution in [1.82, 2.24) is 4.90 Å². The predicted octanol–water partition coefficient (Wildman–Crippen LogP) is 1.76. The number of primary amides is 1. The second kappa shape index (κ2) is 9.38. The molecule has 1 aromatic carbocycles. The number of phenols is 1. The van der Waals surface area contributed by atoms with Crippen molar-refractivity contribution in [2.75, 3.05) is 33.1 Å². The number of anilines is 1. The number of hydrogen-bond acceptors (Lipinski definition) is 9. The number of Topliss-reactive ketones (excluding diaryl/α,β-unsaturated/α-hetero) is 2. The highest BCUT2D eigenvalue weighted by Gasteiger charge is 2.64. The van der Waals surface area contributed by atoms with Crippen LogP contribution in [0, 0.1) is 17.8 Å².